The van der Waals surface area contributed by atoms with Gasteiger partial charge in [-0.1, -0.05) is 0 Å². The summed E-state index contributed by atoms with van der Waals surface area (Å²) < 4.78 is 10.1. The van der Waals surface area contributed by atoms with Crippen LogP contribution in [0.1, 0.15) is 54.6 Å². The molecule has 3 aromatic heterocycles. The number of nitrogens with one attached hydrogen (secondary N) is 2. The number of carbonyl (C=O) groups is 2. The second kappa shape index (κ2) is 9.76. The Morgan fingerprint density at radius 3 is 2.70 bits per heavy atom. The maximum absolute atomic E-state index is 13.7. The Hall–Kier alpha value is -4.21. The molecule has 0 spiro atoms. The van der Waals surface area contributed by atoms with Gasteiger partial charge in [-0.3, -0.25) is 19.9 Å². The van der Waals surface area contributed by atoms with Crippen molar-refractivity contribution in [2.75, 3.05) is 17.2 Å². The number of aryl methyl sites for hydroxylation is 2. The fourth-order valence-electron chi connectivity index (χ4n) is 6.00. The zero-order valence-electron chi connectivity index (χ0n) is 22.8. The molecule has 10 heteroatoms. The summed E-state index contributed by atoms with van der Waals surface area (Å²) in [6, 6.07) is 9.88. The highest BCUT2D eigenvalue weighted by molar-refractivity contribution is 6.05. The Morgan fingerprint density at radius 2 is 1.90 bits per heavy atom. The van der Waals surface area contributed by atoms with Crippen molar-refractivity contribution in [3.05, 3.63) is 47.8 Å². The maximum atomic E-state index is 13.7. The number of imidazole rings is 1. The molecule has 1 aromatic carbocycles. The number of hydrogen-bond acceptors (Lipinski definition) is 7. The Morgan fingerprint density at radius 1 is 1.05 bits per heavy atom. The van der Waals surface area contributed by atoms with Crippen molar-refractivity contribution in [2.45, 2.75) is 58.0 Å². The molecule has 0 radical (unpaired) electrons. The second-order valence-corrected chi connectivity index (χ2v) is 11.4. The number of hydrogen-bond donors (Lipinski definition) is 2. The lowest BCUT2D eigenvalue weighted by atomic mass is 9.91. The van der Waals surface area contributed by atoms with Crippen LogP contribution in [0.25, 0.3) is 22.3 Å². The van der Waals surface area contributed by atoms with Gasteiger partial charge in [-0.05, 0) is 74.8 Å². The van der Waals surface area contributed by atoms with E-state index in [2.05, 4.69) is 26.4 Å². The Labute approximate surface area is 232 Å². The lowest BCUT2D eigenvalue weighted by molar-refractivity contribution is -0.124. The van der Waals surface area contributed by atoms with Crippen LogP contribution in [-0.2, 0) is 18.4 Å². The molecule has 4 heterocycles. The molecule has 1 amide bonds. The van der Waals surface area contributed by atoms with Crippen LogP contribution in [0.3, 0.4) is 0 Å². The van der Waals surface area contributed by atoms with Gasteiger partial charge in [0.05, 0.1) is 35.1 Å². The van der Waals surface area contributed by atoms with E-state index in [0.717, 1.165) is 47.4 Å². The number of carbonyl (C=O) groups excluding carboxylic acids is 2. The molecule has 2 N–H and O–H groups in total. The van der Waals surface area contributed by atoms with Crippen molar-refractivity contribution < 1.29 is 14.3 Å². The summed E-state index contributed by atoms with van der Waals surface area (Å²) in [7, 11) is 1.86. The van der Waals surface area contributed by atoms with Crippen LogP contribution in [0.2, 0.25) is 0 Å². The monoisotopic (exact) mass is 539 g/mol. The number of nitrogens with zero attached hydrogens (tertiary/aromatic N) is 5. The van der Waals surface area contributed by atoms with Crippen LogP contribution in [0.5, 0.6) is 5.88 Å². The van der Waals surface area contributed by atoms with Crippen LogP contribution in [0, 0.1) is 18.8 Å². The van der Waals surface area contributed by atoms with Gasteiger partial charge in [-0.25, -0.2) is 9.67 Å². The normalized spacial score (nSPS) is 20.0. The third kappa shape index (κ3) is 4.71. The summed E-state index contributed by atoms with van der Waals surface area (Å²) >= 11 is 0. The van der Waals surface area contributed by atoms with Crippen LogP contribution in [0.15, 0.2) is 36.5 Å². The Balaban J connectivity index is 1.28. The topological polar surface area (TPSA) is 116 Å². The van der Waals surface area contributed by atoms with Gasteiger partial charge in [0.2, 0.25) is 11.8 Å². The molecule has 1 aliphatic heterocycles. The Bertz CT molecular complexity index is 1630. The maximum Gasteiger partial charge on any atom is 0.258 e. The molecular weight excluding hydrogens is 506 g/mol. The van der Waals surface area contributed by atoms with E-state index in [1.54, 1.807) is 23.0 Å². The summed E-state index contributed by atoms with van der Waals surface area (Å²) in [6.07, 6.45) is 7.27. The summed E-state index contributed by atoms with van der Waals surface area (Å²) in [4.78, 5) is 34.7. The van der Waals surface area contributed by atoms with Gasteiger partial charge in [0.25, 0.3) is 5.91 Å². The first-order valence-corrected chi connectivity index (χ1v) is 14.1. The zero-order chi connectivity index (χ0) is 27.4. The van der Waals surface area contributed by atoms with Crippen molar-refractivity contribution in [1.29, 1.82) is 0 Å². The molecule has 1 atom stereocenters. The fraction of sp³-hybridized carbons (Fsp3) is 0.433. The van der Waals surface area contributed by atoms with Crippen LogP contribution in [0.4, 0.5) is 11.6 Å². The predicted octanol–water partition coefficient (Wildman–Crippen LogP) is 4.73. The number of anilines is 2. The fourth-order valence-corrected chi connectivity index (χ4v) is 6.00. The number of pyridine rings is 1. The molecule has 2 saturated carbocycles. The average molecular weight is 540 g/mol. The molecule has 1 unspecified atom stereocenters. The quantitative estimate of drug-likeness (QED) is 0.387. The number of ketones is 1. The minimum atomic E-state index is -0.237. The molecule has 2 aliphatic carbocycles. The standard InChI is InChI=1S/C30H33N7O3/c1-17-10-20-11-25(32-17)24-15-31-36(2)29(24)40-9-3-4-19(18-5-6-18)16-37-27-8-7-21(33-22-12-23(38)13-22)14-26(27)34-30(37)35-28(20)39/h7-8,10-11,14-15,18-19,22,33H,3-6,9,12-13,16H2,1-2H3,(H,34,35,39). The van der Waals surface area contributed by atoms with Crippen LogP contribution in [-0.4, -0.2) is 48.7 Å². The number of aromatic nitrogens is 5. The highest BCUT2D eigenvalue weighted by Crippen LogP contribution is 2.41. The number of Topliss-reactive ketones (excluding diaryl/α,β-unsaturated/α-hetero) is 1. The number of rotatable bonds is 3. The summed E-state index contributed by atoms with van der Waals surface area (Å²) in [5.74, 6) is 2.39. The number of fused-ring (bicyclic) bond motifs is 7. The zero-order valence-corrected chi connectivity index (χ0v) is 22.8. The molecule has 10 nitrogen and oxygen atoms in total. The van der Waals surface area contributed by atoms with Crippen LogP contribution < -0.4 is 15.4 Å². The molecule has 2 bridgehead atoms. The predicted molar refractivity (Wildman–Crippen MR) is 151 cm³/mol. The van der Waals surface area contributed by atoms with E-state index >= 15 is 0 Å². The van der Waals surface area contributed by atoms with Gasteiger partial charge >= 0.3 is 0 Å². The van der Waals surface area contributed by atoms with E-state index in [-0.39, 0.29) is 11.9 Å². The lowest BCUT2D eigenvalue weighted by Crippen LogP contribution is -2.35. The molecule has 7 rings (SSSR count). The molecule has 2 fully saturated rings. The first kappa shape index (κ1) is 24.8. The van der Waals surface area contributed by atoms with E-state index in [9.17, 15) is 9.59 Å². The minimum absolute atomic E-state index is 0.177. The first-order chi connectivity index (χ1) is 19.4. The third-order valence-electron chi connectivity index (χ3n) is 8.33. The van der Waals surface area contributed by atoms with Crippen molar-refractivity contribution >= 4 is 34.4 Å². The highest BCUT2D eigenvalue weighted by atomic mass is 16.5. The smallest absolute Gasteiger partial charge is 0.258 e. The van der Waals surface area contributed by atoms with Crippen molar-refractivity contribution in [2.24, 2.45) is 18.9 Å². The van der Waals surface area contributed by atoms with E-state index in [1.807, 2.05) is 26.1 Å². The third-order valence-corrected chi connectivity index (χ3v) is 8.33. The second-order valence-electron chi connectivity index (χ2n) is 11.4. The van der Waals surface area contributed by atoms with E-state index in [4.69, 9.17) is 14.7 Å². The van der Waals surface area contributed by atoms with Crippen LogP contribution >= 0.6 is 0 Å². The molecule has 40 heavy (non-hydrogen) atoms. The summed E-state index contributed by atoms with van der Waals surface area (Å²) in [5.41, 5.74) is 5.40. The summed E-state index contributed by atoms with van der Waals surface area (Å²) in [5, 5.41) is 11.0. The molecule has 3 aliphatic rings. The van der Waals surface area contributed by atoms with Crippen molar-refractivity contribution in [3.8, 4) is 17.1 Å². The van der Waals surface area contributed by atoms with E-state index in [1.165, 1.54) is 12.8 Å². The van der Waals surface area contributed by atoms with Gasteiger partial charge in [0.1, 0.15) is 5.78 Å². The molecular formula is C30H33N7O3. The molecule has 4 aromatic rings. The number of ether oxygens (including phenoxy) is 1. The largest absolute Gasteiger partial charge is 0.477 e. The average Bonchev–Trinajstić information content (AvgIpc) is 3.61. The van der Waals surface area contributed by atoms with Crippen molar-refractivity contribution in [1.82, 2.24) is 24.3 Å². The van der Waals surface area contributed by atoms with Gasteiger partial charge in [0, 0.05) is 49.4 Å². The van der Waals surface area contributed by atoms with Gasteiger partial charge in [-0.2, -0.15) is 5.10 Å². The van der Waals surface area contributed by atoms with E-state index < -0.39 is 0 Å². The lowest BCUT2D eigenvalue weighted by Gasteiger charge is -2.26. The first-order valence-electron chi connectivity index (χ1n) is 14.1. The summed E-state index contributed by atoms with van der Waals surface area (Å²) in [6.45, 7) is 3.24. The van der Waals surface area contributed by atoms with E-state index in [0.29, 0.717) is 60.2 Å². The number of benzene rings is 1. The van der Waals surface area contributed by atoms with Gasteiger partial charge in [-0.15, -0.1) is 0 Å². The Kier molecular flexibility index (Phi) is 6.05. The highest BCUT2D eigenvalue weighted by Gasteiger charge is 2.32. The van der Waals surface area contributed by atoms with Gasteiger partial charge < -0.3 is 14.6 Å². The molecule has 206 valence electrons. The molecule has 0 saturated heterocycles. The SMILES string of the molecule is Cc1cc2cc(n1)-c1cnn(C)c1OCCCC(C1CC1)Cn1c(nc3cc(NC4CC(=O)C4)ccc31)NC2=O. The van der Waals surface area contributed by atoms with Gasteiger partial charge in [0.15, 0.2) is 0 Å². The number of amides is 1. The minimum Gasteiger partial charge on any atom is -0.477 e. The van der Waals surface area contributed by atoms with Crippen molar-refractivity contribution in [3.63, 3.8) is 0 Å².